The highest BCUT2D eigenvalue weighted by Gasteiger charge is 2.26. The molecule has 1 aliphatic heterocycles. The number of amides is 1. The molecule has 0 saturated carbocycles. The molecule has 1 aliphatic rings. The van der Waals surface area contributed by atoms with Crippen molar-refractivity contribution in [1.29, 1.82) is 0 Å². The monoisotopic (exact) mass is 270 g/mol. The van der Waals surface area contributed by atoms with E-state index in [1.165, 1.54) is 12.3 Å². The van der Waals surface area contributed by atoms with Gasteiger partial charge in [0.05, 0.1) is 5.69 Å². The summed E-state index contributed by atoms with van der Waals surface area (Å²) in [7, 11) is -3.64. The molecule has 2 rings (SSSR count). The summed E-state index contributed by atoms with van der Waals surface area (Å²) in [5, 5.41) is 2.56. The minimum absolute atomic E-state index is 0.0686. The normalized spacial score (nSPS) is 19.8. The van der Waals surface area contributed by atoms with Crippen molar-refractivity contribution >= 4 is 15.9 Å². The van der Waals surface area contributed by atoms with Crippen molar-refractivity contribution in [3.8, 4) is 0 Å². The first kappa shape index (κ1) is 12.9. The lowest BCUT2D eigenvalue weighted by atomic mass is 10.3. The van der Waals surface area contributed by atoms with Gasteiger partial charge in [-0.15, -0.1) is 0 Å². The number of nitrogens with zero attached hydrogens (tertiary/aromatic N) is 1. The zero-order chi connectivity index (χ0) is 13.2. The fourth-order valence-electron chi connectivity index (χ4n) is 1.67. The van der Waals surface area contributed by atoms with Crippen molar-refractivity contribution in [2.24, 2.45) is 5.73 Å². The maximum absolute atomic E-state index is 12.0. The first-order valence-corrected chi connectivity index (χ1v) is 6.93. The minimum atomic E-state index is -3.64. The van der Waals surface area contributed by atoms with Crippen LogP contribution in [0.2, 0.25) is 0 Å². The van der Waals surface area contributed by atoms with Gasteiger partial charge in [-0.1, -0.05) is 0 Å². The number of carbonyl (C=O) groups is 1. The molecule has 98 valence electrons. The van der Waals surface area contributed by atoms with Gasteiger partial charge in [-0.3, -0.25) is 9.78 Å². The lowest BCUT2D eigenvalue weighted by Gasteiger charge is -2.11. The van der Waals surface area contributed by atoms with Crippen molar-refractivity contribution in [1.82, 2.24) is 15.0 Å². The standard InChI is InChI=1S/C10H14N4O3S/c11-4-7-1-2-9(6-12-7)18(16,17)14-8-3-10(15)13-5-8/h1-2,6,8,14H,3-5,11H2,(H,13,15). The number of rotatable bonds is 4. The number of pyridine rings is 1. The van der Waals surface area contributed by atoms with Crippen LogP contribution in [0.5, 0.6) is 0 Å². The molecule has 1 unspecified atom stereocenters. The van der Waals surface area contributed by atoms with E-state index in [1.54, 1.807) is 6.07 Å². The molecule has 0 aromatic carbocycles. The van der Waals surface area contributed by atoms with Crippen molar-refractivity contribution in [3.63, 3.8) is 0 Å². The van der Waals surface area contributed by atoms with Crippen molar-refractivity contribution in [2.45, 2.75) is 23.9 Å². The van der Waals surface area contributed by atoms with Gasteiger partial charge in [-0.05, 0) is 12.1 Å². The summed E-state index contributed by atoms with van der Waals surface area (Å²) in [5.41, 5.74) is 6.00. The van der Waals surface area contributed by atoms with E-state index < -0.39 is 16.1 Å². The third kappa shape index (κ3) is 2.84. The smallest absolute Gasteiger partial charge is 0.242 e. The number of sulfonamides is 1. The molecule has 0 aliphatic carbocycles. The molecule has 1 aromatic heterocycles. The van der Waals surface area contributed by atoms with Crippen molar-refractivity contribution in [2.75, 3.05) is 6.54 Å². The van der Waals surface area contributed by atoms with E-state index in [2.05, 4.69) is 15.0 Å². The zero-order valence-corrected chi connectivity index (χ0v) is 10.4. The van der Waals surface area contributed by atoms with Crippen LogP contribution >= 0.6 is 0 Å². The van der Waals surface area contributed by atoms with Crippen LogP contribution in [0.1, 0.15) is 12.1 Å². The lowest BCUT2D eigenvalue weighted by Crippen LogP contribution is -2.36. The van der Waals surface area contributed by atoms with Gasteiger partial charge in [0.2, 0.25) is 15.9 Å². The first-order chi connectivity index (χ1) is 8.51. The Kier molecular flexibility index (Phi) is 3.60. The second-order valence-electron chi connectivity index (χ2n) is 4.02. The maximum Gasteiger partial charge on any atom is 0.242 e. The molecule has 0 spiro atoms. The topological polar surface area (TPSA) is 114 Å². The molecule has 1 fully saturated rings. The zero-order valence-electron chi connectivity index (χ0n) is 9.59. The number of carbonyl (C=O) groups excluding carboxylic acids is 1. The van der Waals surface area contributed by atoms with E-state index in [-0.39, 0.29) is 23.8 Å². The molecule has 1 amide bonds. The SMILES string of the molecule is NCc1ccc(S(=O)(=O)NC2CNC(=O)C2)cn1. The van der Waals surface area contributed by atoms with Gasteiger partial charge in [-0.2, -0.15) is 0 Å². The molecule has 0 bridgehead atoms. The Bertz CT molecular complexity index is 541. The van der Waals surface area contributed by atoms with Gasteiger partial charge in [-0.25, -0.2) is 13.1 Å². The molecule has 0 radical (unpaired) electrons. The maximum atomic E-state index is 12.0. The molecule has 8 heteroatoms. The highest BCUT2D eigenvalue weighted by Crippen LogP contribution is 2.10. The molecular formula is C10H14N4O3S. The number of nitrogens with two attached hydrogens (primary N) is 1. The fourth-order valence-corrected chi connectivity index (χ4v) is 2.85. The van der Waals surface area contributed by atoms with Gasteiger partial charge in [0.25, 0.3) is 0 Å². The van der Waals surface area contributed by atoms with Crippen LogP contribution in [0.4, 0.5) is 0 Å². The lowest BCUT2D eigenvalue weighted by molar-refractivity contribution is -0.119. The summed E-state index contributed by atoms with van der Waals surface area (Å²) in [4.78, 5) is 15.0. The number of aromatic nitrogens is 1. The average Bonchev–Trinajstić information content (AvgIpc) is 2.74. The minimum Gasteiger partial charge on any atom is -0.354 e. The summed E-state index contributed by atoms with van der Waals surface area (Å²) in [6, 6.07) is 2.60. The van der Waals surface area contributed by atoms with Crippen LogP contribution in [0.3, 0.4) is 0 Å². The van der Waals surface area contributed by atoms with Crippen LogP contribution in [0, 0.1) is 0 Å². The summed E-state index contributed by atoms with van der Waals surface area (Å²) in [6.45, 7) is 0.571. The van der Waals surface area contributed by atoms with Gasteiger partial charge in [0, 0.05) is 31.7 Å². The van der Waals surface area contributed by atoms with E-state index in [4.69, 9.17) is 5.73 Å². The van der Waals surface area contributed by atoms with Gasteiger partial charge >= 0.3 is 0 Å². The van der Waals surface area contributed by atoms with Crippen LogP contribution in [-0.2, 0) is 21.4 Å². The number of hydrogen-bond acceptors (Lipinski definition) is 5. The second kappa shape index (κ2) is 5.01. The Balaban J connectivity index is 2.12. The number of hydrogen-bond donors (Lipinski definition) is 3. The molecule has 1 saturated heterocycles. The highest BCUT2D eigenvalue weighted by molar-refractivity contribution is 7.89. The van der Waals surface area contributed by atoms with Gasteiger partial charge in [0.1, 0.15) is 4.90 Å². The van der Waals surface area contributed by atoms with E-state index in [0.717, 1.165) is 0 Å². The number of nitrogens with one attached hydrogen (secondary N) is 2. The summed E-state index contributed by atoms with van der Waals surface area (Å²) < 4.78 is 26.4. The Morgan fingerprint density at radius 1 is 1.50 bits per heavy atom. The van der Waals surface area contributed by atoms with E-state index >= 15 is 0 Å². The predicted octanol–water partition coefficient (Wildman–Crippen LogP) is -1.29. The second-order valence-corrected chi connectivity index (χ2v) is 5.73. The molecule has 1 atom stereocenters. The summed E-state index contributed by atoms with van der Waals surface area (Å²) in [6.07, 6.45) is 1.42. The highest BCUT2D eigenvalue weighted by atomic mass is 32.2. The van der Waals surface area contributed by atoms with Crippen LogP contribution < -0.4 is 15.8 Å². The van der Waals surface area contributed by atoms with E-state index in [9.17, 15) is 13.2 Å². The Hall–Kier alpha value is -1.51. The van der Waals surface area contributed by atoms with Crippen LogP contribution in [0.25, 0.3) is 0 Å². The molecule has 18 heavy (non-hydrogen) atoms. The van der Waals surface area contributed by atoms with Crippen molar-refractivity contribution in [3.05, 3.63) is 24.0 Å². The summed E-state index contributed by atoms with van der Waals surface area (Å²) in [5.74, 6) is -0.153. The third-order valence-corrected chi connectivity index (χ3v) is 4.12. The average molecular weight is 270 g/mol. The Morgan fingerprint density at radius 2 is 2.28 bits per heavy atom. The molecule has 4 N–H and O–H groups in total. The van der Waals surface area contributed by atoms with Crippen LogP contribution in [-0.4, -0.2) is 31.9 Å². The molecule has 2 heterocycles. The fraction of sp³-hybridized carbons (Fsp3) is 0.400. The van der Waals surface area contributed by atoms with Gasteiger partial charge in [0.15, 0.2) is 0 Å². The largest absolute Gasteiger partial charge is 0.354 e. The first-order valence-electron chi connectivity index (χ1n) is 5.45. The molecule has 7 nitrogen and oxygen atoms in total. The van der Waals surface area contributed by atoms with Crippen molar-refractivity contribution < 1.29 is 13.2 Å². The molecular weight excluding hydrogens is 256 g/mol. The van der Waals surface area contributed by atoms with E-state index in [1.807, 2.05) is 0 Å². The predicted molar refractivity (Wildman–Crippen MR) is 63.9 cm³/mol. The Labute approximate surface area is 105 Å². The summed E-state index contributed by atoms with van der Waals surface area (Å²) >= 11 is 0. The van der Waals surface area contributed by atoms with E-state index in [0.29, 0.717) is 12.2 Å². The third-order valence-electron chi connectivity index (χ3n) is 2.62. The Morgan fingerprint density at radius 3 is 2.78 bits per heavy atom. The van der Waals surface area contributed by atoms with Crippen LogP contribution in [0.15, 0.2) is 23.2 Å². The van der Waals surface area contributed by atoms with Gasteiger partial charge < -0.3 is 11.1 Å². The molecule has 1 aromatic rings. The quantitative estimate of drug-likeness (QED) is 0.629.